The number of rotatable bonds is 3. The largest absolute Gasteiger partial charge is 0.457 e. The van der Waals surface area contributed by atoms with Gasteiger partial charge in [0.15, 0.2) is 0 Å². The number of benzene rings is 2. The van der Waals surface area contributed by atoms with Crippen molar-refractivity contribution in [1.82, 2.24) is 14.4 Å². The summed E-state index contributed by atoms with van der Waals surface area (Å²) in [5, 5.41) is 0. The van der Waals surface area contributed by atoms with Gasteiger partial charge in [-0.15, -0.1) is 0 Å². The molecule has 34 heavy (non-hydrogen) atoms. The smallest absolute Gasteiger partial charge is 0.431 e. The van der Waals surface area contributed by atoms with Crippen molar-refractivity contribution in [3.05, 3.63) is 83.7 Å². The van der Waals surface area contributed by atoms with Gasteiger partial charge in [-0.3, -0.25) is 9.69 Å². The van der Waals surface area contributed by atoms with E-state index in [1.807, 2.05) is 43.4 Å². The lowest BCUT2D eigenvalue weighted by Crippen LogP contribution is -2.56. The maximum absolute atomic E-state index is 13.5. The molecule has 1 fully saturated rings. The Labute approximate surface area is 196 Å². The minimum absolute atomic E-state index is 0.133. The summed E-state index contributed by atoms with van der Waals surface area (Å²) in [6.07, 6.45) is -3.25. The number of likely N-dealkylation sites (tertiary alicyclic amines) is 1. The maximum atomic E-state index is 13.5. The number of fused-ring (bicyclic) bond motifs is 2. The molecule has 2 aliphatic rings. The number of amides is 1. The molecule has 0 aliphatic carbocycles. The second-order valence-corrected chi connectivity index (χ2v) is 8.91. The van der Waals surface area contributed by atoms with E-state index in [1.54, 1.807) is 29.2 Å². The number of carbonyl (C=O) groups excluding carboxylic acids is 1. The number of aromatic nitrogens is 1. The normalized spacial score (nSPS) is 18.1. The molecule has 0 atom stereocenters. The van der Waals surface area contributed by atoms with Crippen LogP contribution in [0.3, 0.4) is 0 Å². The molecule has 0 saturated carbocycles. The quantitative estimate of drug-likeness (QED) is 0.517. The Hall–Kier alpha value is -3.26. The molecule has 1 saturated heterocycles. The average molecular weight is 470 g/mol. The Morgan fingerprint density at radius 2 is 1.56 bits per heavy atom. The molecule has 3 aromatic rings. The van der Waals surface area contributed by atoms with Crippen molar-refractivity contribution in [2.75, 3.05) is 26.7 Å². The lowest BCUT2D eigenvalue weighted by atomic mass is 9.81. The number of ether oxygens (including phenoxy) is 1. The fourth-order valence-electron chi connectivity index (χ4n) is 5.26. The van der Waals surface area contributed by atoms with Crippen molar-refractivity contribution in [2.24, 2.45) is 0 Å². The van der Waals surface area contributed by atoms with Gasteiger partial charge in [0.2, 0.25) is 0 Å². The van der Waals surface area contributed by atoms with Crippen molar-refractivity contribution in [2.45, 2.75) is 31.1 Å². The van der Waals surface area contributed by atoms with E-state index >= 15 is 0 Å². The number of halogens is 3. The highest BCUT2D eigenvalue weighted by Crippen LogP contribution is 2.44. The highest BCUT2D eigenvalue weighted by molar-refractivity contribution is 5.97. The van der Waals surface area contributed by atoms with Gasteiger partial charge in [0.1, 0.15) is 17.2 Å². The highest BCUT2D eigenvalue weighted by atomic mass is 19.4. The molecule has 178 valence electrons. The summed E-state index contributed by atoms with van der Waals surface area (Å²) in [7, 11) is 1.96. The van der Waals surface area contributed by atoms with Gasteiger partial charge in [-0.05, 0) is 56.3 Å². The van der Waals surface area contributed by atoms with Gasteiger partial charge in [0.05, 0.1) is 11.1 Å². The summed E-state index contributed by atoms with van der Waals surface area (Å²) in [4.78, 5) is 17.3. The molecule has 1 aromatic heterocycles. The molecule has 0 N–H and O–H groups in total. The molecule has 1 spiro atoms. The van der Waals surface area contributed by atoms with Crippen LogP contribution < -0.4 is 4.74 Å². The zero-order valence-electron chi connectivity index (χ0n) is 18.9. The molecular formula is C26H26F3N3O2. The predicted octanol–water partition coefficient (Wildman–Crippen LogP) is 5.38. The topological polar surface area (TPSA) is 37.7 Å². The van der Waals surface area contributed by atoms with E-state index in [0.29, 0.717) is 61.8 Å². The molecule has 1 amide bonds. The Kier molecular flexibility index (Phi) is 5.64. The third-order valence-electron chi connectivity index (χ3n) is 7.10. The summed E-state index contributed by atoms with van der Waals surface area (Å²) >= 11 is 0. The number of carbonyl (C=O) groups is 1. The van der Waals surface area contributed by atoms with E-state index in [4.69, 9.17) is 4.74 Å². The average Bonchev–Trinajstić information content (AvgIpc) is 3.29. The van der Waals surface area contributed by atoms with Gasteiger partial charge >= 0.3 is 6.18 Å². The number of piperidine rings is 1. The summed E-state index contributed by atoms with van der Waals surface area (Å²) in [5.41, 5.74) is 0.0504. The first kappa shape index (κ1) is 22.5. The molecule has 0 unspecified atom stereocenters. The first-order valence-electron chi connectivity index (χ1n) is 11.4. The van der Waals surface area contributed by atoms with E-state index in [1.165, 1.54) is 10.6 Å². The molecule has 0 radical (unpaired) electrons. The molecule has 2 aliphatic heterocycles. The molecule has 3 heterocycles. The van der Waals surface area contributed by atoms with E-state index in [0.717, 1.165) is 0 Å². The van der Waals surface area contributed by atoms with Crippen molar-refractivity contribution < 1.29 is 22.7 Å². The minimum Gasteiger partial charge on any atom is -0.457 e. The number of likely N-dealkylation sites (N-methyl/N-ethyl adjacent to an activating group) is 1. The van der Waals surface area contributed by atoms with Crippen LogP contribution in [0.5, 0.6) is 11.5 Å². The second-order valence-electron chi connectivity index (χ2n) is 8.91. The Balaban J connectivity index is 1.37. The number of hydrogen-bond donors (Lipinski definition) is 0. The lowest BCUT2D eigenvalue weighted by Gasteiger charge is -2.50. The third-order valence-corrected chi connectivity index (χ3v) is 7.10. The van der Waals surface area contributed by atoms with Gasteiger partial charge in [-0.25, -0.2) is 0 Å². The molecule has 5 nitrogen and oxygen atoms in total. The first-order valence-corrected chi connectivity index (χ1v) is 11.4. The van der Waals surface area contributed by atoms with Crippen LogP contribution in [-0.4, -0.2) is 47.0 Å². The molecule has 5 rings (SSSR count). The number of nitrogens with zero attached hydrogens (tertiary/aromatic N) is 3. The van der Waals surface area contributed by atoms with Crippen LogP contribution in [0.25, 0.3) is 0 Å². The fraction of sp³-hybridized carbons (Fsp3) is 0.346. The molecule has 2 aromatic carbocycles. The molecule has 8 heteroatoms. The predicted molar refractivity (Wildman–Crippen MR) is 122 cm³/mol. The van der Waals surface area contributed by atoms with E-state index < -0.39 is 17.4 Å². The summed E-state index contributed by atoms with van der Waals surface area (Å²) in [5.74, 6) is 0.995. The Morgan fingerprint density at radius 1 is 0.882 bits per heavy atom. The van der Waals surface area contributed by atoms with Crippen LogP contribution in [0.15, 0.2) is 66.7 Å². The van der Waals surface area contributed by atoms with Crippen molar-refractivity contribution in [1.29, 1.82) is 0 Å². The van der Waals surface area contributed by atoms with E-state index in [2.05, 4.69) is 4.90 Å². The van der Waals surface area contributed by atoms with Gasteiger partial charge in [0, 0.05) is 31.9 Å². The first-order chi connectivity index (χ1) is 16.3. The fourth-order valence-corrected chi connectivity index (χ4v) is 5.26. The minimum atomic E-state index is -4.38. The molecular weight excluding hydrogens is 443 g/mol. The van der Waals surface area contributed by atoms with Crippen LogP contribution in [0.4, 0.5) is 13.2 Å². The van der Waals surface area contributed by atoms with Crippen molar-refractivity contribution in [3.63, 3.8) is 0 Å². The second kappa shape index (κ2) is 8.51. The van der Waals surface area contributed by atoms with Gasteiger partial charge in [-0.2, -0.15) is 13.2 Å². The van der Waals surface area contributed by atoms with Crippen LogP contribution in [-0.2, 0) is 18.3 Å². The number of alkyl halides is 3. The van der Waals surface area contributed by atoms with Gasteiger partial charge in [0.25, 0.3) is 5.91 Å². The van der Waals surface area contributed by atoms with Crippen molar-refractivity contribution in [3.8, 4) is 11.5 Å². The summed E-state index contributed by atoms with van der Waals surface area (Å²) < 4.78 is 47.9. The lowest BCUT2D eigenvalue weighted by molar-refractivity contribution is -0.144. The van der Waals surface area contributed by atoms with E-state index in [-0.39, 0.29) is 5.91 Å². The number of para-hydroxylation sites is 2. The zero-order valence-corrected chi connectivity index (χ0v) is 18.9. The van der Waals surface area contributed by atoms with Crippen LogP contribution in [0, 0.1) is 0 Å². The van der Waals surface area contributed by atoms with Crippen LogP contribution >= 0.6 is 0 Å². The van der Waals surface area contributed by atoms with Crippen LogP contribution in [0.2, 0.25) is 0 Å². The third kappa shape index (κ3) is 3.86. The van der Waals surface area contributed by atoms with Gasteiger partial charge in [-0.1, -0.05) is 30.3 Å². The van der Waals surface area contributed by atoms with Crippen molar-refractivity contribution >= 4 is 5.91 Å². The summed E-state index contributed by atoms with van der Waals surface area (Å²) in [6.45, 7) is 1.75. The van der Waals surface area contributed by atoms with Crippen LogP contribution in [0.1, 0.15) is 34.6 Å². The van der Waals surface area contributed by atoms with Gasteiger partial charge < -0.3 is 14.2 Å². The highest BCUT2D eigenvalue weighted by Gasteiger charge is 2.47. The Morgan fingerprint density at radius 3 is 2.26 bits per heavy atom. The monoisotopic (exact) mass is 469 g/mol. The standard InChI is InChI=1S/C26H26F3N3O2/c1-30-17-18-32-22(11-12-23(32)26(27,28)29)25(30)13-15-31(16-14-25)24(33)20-9-5-6-10-21(20)34-19-7-3-2-4-8-19/h2-12H,13-18H2,1H3. The zero-order chi connectivity index (χ0) is 23.9. The van der Waals surface area contributed by atoms with E-state index in [9.17, 15) is 18.0 Å². The summed E-state index contributed by atoms with van der Waals surface area (Å²) in [6, 6.07) is 19.2. The maximum Gasteiger partial charge on any atom is 0.431 e. The number of hydrogen-bond acceptors (Lipinski definition) is 3. The molecule has 0 bridgehead atoms. The SMILES string of the molecule is CN1CCn2c(C(F)(F)F)ccc2C12CCN(C(=O)c1ccccc1Oc1ccccc1)CC2. The Bertz CT molecular complexity index is 1180.